The van der Waals surface area contributed by atoms with Crippen molar-refractivity contribution in [1.82, 2.24) is 15.0 Å². The topological polar surface area (TPSA) is 67.6 Å². The average Bonchev–Trinajstić information content (AvgIpc) is 2.74. The summed E-state index contributed by atoms with van der Waals surface area (Å²) in [6.07, 6.45) is 0. The Hall–Kier alpha value is -2.43. The Morgan fingerprint density at radius 2 is 2.00 bits per heavy atom. The molecule has 3 N–H and O–H groups in total. The van der Waals surface area contributed by atoms with Crippen LogP contribution in [-0.4, -0.2) is 15.0 Å². The predicted octanol–water partition coefficient (Wildman–Crippen LogP) is 2.65. The fourth-order valence-electron chi connectivity index (χ4n) is 1.84. The lowest BCUT2D eigenvalue weighted by atomic mass is 10.2. The Morgan fingerprint density at radius 1 is 1.17 bits per heavy atom. The monoisotopic (exact) mass is 242 g/mol. The molecule has 0 saturated carbocycles. The third-order valence-corrected chi connectivity index (χ3v) is 2.73. The largest absolute Gasteiger partial charge is 0.399 e. The Bertz CT molecular complexity index is 733. The molecule has 0 spiro atoms. The number of benzene rings is 1. The second-order valence-corrected chi connectivity index (χ2v) is 4.15. The van der Waals surface area contributed by atoms with Gasteiger partial charge in [-0.05, 0) is 37.3 Å². The van der Waals surface area contributed by atoms with E-state index in [1.807, 2.05) is 19.1 Å². The van der Waals surface area contributed by atoms with Gasteiger partial charge in [-0.1, -0.05) is 0 Å². The number of hydrogen-bond acceptors (Lipinski definition) is 3. The molecule has 0 fully saturated rings. The molecule has 18 heavy (non-hydrogen) atoms. The molecule has 1 aromatic carbocycles. The zero-order valence-corrected chi connectivity index (χ0v) is 9.74. The van der Waals surface area contributed by atoms with E-state index in [0.29, 0.717) is 22.7 Å². The van der Waals surface area contributed by atoms with Gasteiger partial charge in [0.05, 0.1) is 11.1 Å². The van der Waals surface area contributed by atoms with Crippen LogP contribution in [0.5, 0.6) is 0 Å². The molecule has 0 unspecified atom stereocenters. The number of aromatic nitrogens is 3. The maximum Gasteiger partial charge on any atom is 0.178 e. The summed E-state index contributed by atoms with van der Waals surface area (Å²) in [7, 11) is 0. The molecule has 4 nitrogen and oxygen atoms in total. The van der Waals surface area contributed by atoms with Gasteiger partial charge in [0, 0.05) is 11.4 Å². The summed E-state index contributed by atoms with van der Waals surface area (Å²) in [4.78, 5) is 11.6. The molecular weight excluding hydrogens is 231 g/mol. The minimum absolute atomic E-state index is 0.352. The molecule has 0 radical (unpaired) electrons. The van der Waals surface area contributed by atoms with Crippen molar-refractivity contribution in [3.05, 3.63) is 41.8 Å². The van der Waals surface area contributed by atoms with Gasteiger partial charge in [-0.3, -0.25) is 0 Å². The summed E-state index contributed by atoms with van der Waals surface area (Å²) >= 11 is 0. The summed E-state index contributed by atoms with van der Waals surface area (Å²) < 4.78 is 13.7. The van der Waals surface area contributed by atoms with Crippen LogP contribution >= 0.6 is 0 Å². The number of aryl methyl sites for hydroxylation is 1. The molecule has 3 rings (SSSR count). The molecule has 0 atom stereocenters. The maximum atomic E-state index is 13.7. The van der Waals surface area contributed by atoms with E-state index in [2.05, 4.69) is 15.0 Å². The van der Waals surface area contributed by atoms with Crippen molar-refractivity contribution in [3.63, 3.8) is 0 Å². The summed E-state index contributed by atoms with van der Waals surface area (Å²) in [6.45, 7) is 1.88. The number of pyridine rings is 1. The van der Waals surface area contributed by atoms with Gasteiger partial charge in [0.25, 0.3) is 0 Å². The van der Waals surface area contributed by atoms with Gasteiger partial charge in [-0.25, -0.2) is 14.4 Å². The van der Waals surface area contributed by atoms with Gasteiger partial charge >= 0.3 is 0 Å². The SMILES string of the molecule is Cc1ccc2[nH]c(-c3cc(N)ccc3F)nc2n1. The molecule has 0 aliphatic rings. The van der Waals surface area contributed by atoms with Crippen molar-refractivity contribution in [2.45, 2.75) is 6.92 Å². The number of nitrogen functional groups attached to an aromatic ring is 1. The Labute approximate surface area is 103 Å². The molecule has 0 aliphatic heterocycles. The lowest BCUT2D eigenvalue weighted by molar-refractivity contribution is 0.630. The highest BCUT2D eigenvalue weighted by Crippen LogP contribution is 2.24. The van der Waals surface area contributed by atoms with E-state index in [4.69, 9.17) is 5.73 Å². The number of imidazole rings is 1. The molecule has 0 aliphatic carbocycles. The maximum absolute atomic E-state index is 13.7. The molecule has 90 valence electrons. The number of aromatic amines is 1. The molecule has 0 amide bonds. The molecule has 2 heterocycles. The second-order valence-electron chi connectivity index (χ2n) is 4.15. The van der Waals surface area contributed by atoms with E-state index in [1.54, 1.807) is 6.07 Å². The first-order valence-electron chi connectivity index (χ1n) is 5.52. The minimum atomic E-state index is -0.361. The van der Waals surface area contributed by atoms with Gasteiger partial charge in [-0.15, -0.1) is 0 Å². The number of hydrogen-bond donors (Lipinski definition) is 2. The zero-order valence-electron chi connectivity index (χ0n) is 9.74. The highest BCUT2D eigenvalue weighted by atomic mass is 19.1. The lowest BCUT2D eigenvalue weighted by Gasteiger charge is -2.00. The summed E-state index contributed by atoms with van der Waals surface area (Å²) in [5.74, 6) is 0.0767. The fourth-order valence-corrected chi connectivity index (χ4v) is 1.84. The van der Waals surface area contributed by atoms with Gasteiger partial charge in [0.2, 0.25) is 0 Å². The zero-order chi connectivity index (χ0) is 12.7. The normalized spacial score (nSPS) is 11.0. The summed E-state index contributed by atoms with van der Waals surface area (Å²) in [6, 6.07) is 8.15. The highest BCUT2D eigenvalue weighted by molar-refractivity contribution is 5.76. The number of nitrogens with two attached hydrogens (primary N) is 1. The third-order valence-electron chi connectivity index (χ3n) is 2.73. The van der Waals surface area contributed by atoms with Crippen LogP contribution < -0.4 is 5.73 Å². The quantitative estimate of drug-likeness (QED) is 0.644. The molecule has 2 aromatic heterocycles. The summed E-state index contributed by atoms with van der Waals surface area (Å²) in [5.41, 5.74) is 8.73. The van der Waals surface area contributed by atoms with Crippen molar-refractivity contribution in [2.24, 2.45) is 0 Å². The first-order chi connectivity index (χ1) is 8.63. The number of nitrogens with zero attached hydrogens (tertiary/aromatic N) is 2. The number of anilines is 1. The lowest BCUT2D eigenvalue weighted by Crippen LogP contribution is -1.90. The number of H-pyrrole nitrogens is 1. The molecule has 0 saturated heterocycles. The fraction of sp³-hybridized carbons (Fsp3) is 0.0769. The van der Waals surface area contributed by atoms with Crippen LogP contribution in [0, 0.1) is 12.7 Å². The van der Waals surface area contributed by atoms with E-state index in [0.717, 1.165) is 11.2 Å². The van der Waals surface area contributed by atoms with E-state index >= 15 is 0 Å². The van der Waals surface area contributed by atoms with E-state index in [-0.39, 0.29) is 5.82 Å². The first-order valence-corrected chi connectivity index (χ1v) is 5.52. The van der Waals surface area contributed by atoms with Gasteiger partial charge < -0.3 is 10.7 Å². The predicted molar refractivity (Wildman–Crippen MR) is 68.4 cm³/mol. The smallest absolute Gasteiger partial charge is 0.178 e. The van der Waals surface area contributed by atoms with Crippen molar-refractivity contribution in [3.8, 4) is 11.4 Å². The number of fused-ring (bicyclic) bond motifs is 1. The third kappa shape index (κ3) is 1.69. The number of halogens is 1. The van der Waals surface area contributed by atoms with E-state index in [9.17, 15) is 4.39 Å². The van der Waals surface area contributed by atoms with Crippen molar-refractivity contribution >= 4 is 16.9 Å². The van der Waals surface area contributed by atoms with Crippen molar-refractivity contribution in [2.75, 3.05) is 5.73 Å². The molecular formula is C13H11FN4. The van der Waals surface area contributed by atoms with Crippen LogP contribution in [0.1, 0.15) is 5.69 Å². The summed E-state index contributed by atoms with van der Waals surface area (Å²) in [5, 5.41) is 0. The van der Waals surface area contributed by atoms with Crippen molar-refractivity contribution < 1.29 is 4.39 Å². The van der Waals surface area contributed by atoms with Crippen LogP contribution in [0.3, 0.4) is 0 Å². The Balaban J connectivity index is 2.22. The van der Waals surface area contributed by atoms with Crippen LogP contribution in [0.25, 0.3) is 22.6 Å². The standard InChI is InChI=1S/C13H11FN4/c1-7-2-5-11-13(16-7)18-12(17-11)9-6-8(15)3-4-10(9)14/h2-6H,15H2,1H3,(H,16,17,18). The van der Waals surface area contributed by atoms with Crippen molar-refractivity contribution in [1.29, 1.82) is 0 Å². The number of nitrogens with one attached hydrogen (secondary N) is 1. The van der Waals surface area contributed by atoms with Crippen LogP contribution in [0.15, 0.2) is 30.3 Å². The Morgan fingerprint density at radius 3 is 2.83 bits per heavy atom. The van der Waals surface area contributed by atoms with Crippen LogP contribution in [0.2, 0.25) is 0 Å². The first kappa shape index (κ1) is 10.7. The molecule has 0 bridgehead atoms. The Kier molecular flexibility index (Phi) is 2.26. The molecule has 5 heteroatoms. The highest BCUT2D eigenvalue weighted by Gasteiger charge is 2.11. The van der Waals surface area contributed by atoms with E-state index in [1.165, 1.54) is 12.1 Å². The van der Waals surface area contributed by atoms with Gasteiger partial charge in [0.15, 0.2) is 5.65 Å². The van der Waals surface area contributed by atoms with Gasteiger partial charge in [-0.2, -0.15) is 0 Å². The second kappa shape index (κ2) is 3.80. The van der Waals surface area contributed by atoms with Crippen LogP contribution in [0.4, 0.5) is 10.1 Å². The van der Waals surface area contributed by atoms with E-state index < -0.39 is 0 Å². The number of rotatable bonds is 1. The van der Waals surface area contributed by atoms with Crippen LogP contribution in [-0.2, 0) is 0 Å². The molecule has 3 aromatic rings. The average molecular weight is 242 g/mol. The minimum Gasteiger partial charge on any atom is -0.399 e. The van der Waals surface area contributed by atoms with Gasteiger partial charge in [0.1, 0.15) is 11.6 Å².